The maximum atomic E-state index is 14.5. The van der Waals surface area contributed by atoms with Crippen molar-refractivity contribution in [2.45, 2.75) is 71.0 Å². The molecular formula is C32H37FN4O3. The second-order valence-electron chi connectivity index (χ2n) is 11.4. The Hall–Kier alpha value is -4.20. The van der Waals surface area contributed by atoms with Crippen LogP contribution in [0, 0.1) is 12.7 Å². The molecule has 3 atom stereocenters. The lowest BCUT2D eigenvalue weighted by Gasteiger charge is -2.47. The van der Waals surface area contributed by atoms with Gasteiger partial charge in [-0.05, 0) is 87.4 Å². The number of amides is 4. The highest BCUT2D eigenvalue weighted by molar-refractivity contribution is 5.94. The number of nitrogens with zero attached hydrogens (tertiary/aromatic N) is 2. The second kappa shape index (κ2) is 11.9. The minimum absolute atomic E-state index is 0.165. The summed E-state index contributed by atoms with van der Waals surface area (Å²) in [6.45, 7) is 8.87. The number of hydrogen-bond donors (Lipinski definition) is 2. The lowest BCUT2D eigenvalue weighted by atomic mass is 9.86. The van der Waals surface area contributed by atoms with E-state index in [0.717, 1.165) is 11.1 Å². The van der Waals surface area contributed by atoms with Crippen molar-refractivity contribution in [3.63, 3.8) is 0 Å². The molecule has 8 heteroatoms. The molecule has 0 spiro atoms. The van der Waals surface area contributed by atoms with Crippen molar-refractivity contribution in [3.05, 3.63) is 101 Å². The van der Waals surface area contributed by atoms with Gasteiger partial charge in [0, 0.05) is 12.6 Å². The SMILES string of the molecule is CC(=O)N(N1C(=O)C(NC(=O)Nc2cccc(C)c2)CC(c2ccccc2)CC1c1cccc(F)c1)C(C)(C)C. The van der Waals surface area contributed by atoms with Crippen LogP contribution in [0.2, 0.25) is 0 Å². The van der Waals surface area contributed by atoms with Gasteiger partial charge in [-0.3, -0.25) is 9.59 Å². The van der Waals surface area contributed by atoms with Gasteiger partial charge in [0.2, 0.25) is 5.91 Å². The molecule has 0 aromatic heterocycles. The van der Waals surface area contributed by atoms with Crippen molar-refractivity contribution in [2.24, 2.45) is 0 Å². The molecule has 1 aliphatic rings. The van der Waals surface area contributed by atoms with E-state index in [2.05, 4.69) is 10.6 Å². The van der Waals surface area contributed by atoms with E-state index in [1.54, 1.807) is 18.2 Å². The average molecular weight is 545 g/mol. The summed E-state index contributed by atoms with van der Waals surface area (Å²) in [5.74, 6) is -1.36. The number of aryl methyl sites for hydroxylation is 1. The predicted octanol–water partition coefficient (Wildman–Crippen LogP) is 6.33. The molecule has 0 saturated carbocycles. The molecule has 0 bridgehead atoms. The molecule has 7 nitrogen and oxygen atoms in total. The molecule has 3 aromatic rings. The topological polar surface area (TPSA) is 81.8 Å². The molecule has 0 aliphatic carbocycles. The van der Waals surface area contributed by atoms with Gasteiger partial charge in [-0.2, -0.15) is 0 Å². The molecule has 1 fully saturated rings. The van der Waals surface area contributed by atoms with E-state index in [4.69, 9.17) is 0 Å². The van der Waals surface area contributed by atoms with E-state index in [-0.39, 0.29) is 11.8 Å². The Bertz CT molecular complexity index is 1370. The number of urea groups is 1. The summed E-state index contributed by atoms with van der Waals surface area (Å²) >= 11 is 0. The van der Waals surface area contributed by atoms with Crippen LogP contribution >= 0.6 is 0 Å². The molecule has 1 aliphatic heterocycles. The summed E-state index contributed by atoms with van der Waals surface area (Å²) in [4.78, 5) is 40.7. The van der Waals surface area contributed by atoms with E-state index in [1.165, 1.54) is 29.1 Å². The van der Waals surface area contributed by atoms with Crippen molar-refractivity contribution in [3.8, 4) is 0 Å². The summed E-state index contributed by atoms with van der Waals surface area (Å²) in [7, 11) is 0. The molecular weight excluding hydrogens is 507 g/mol. The number of hydrazine groups is 1. The molecule has 1 saturated heterocycles. The fourth-order valence-electron chi connectivity index (χ4n) is 5.51. The van der Waals surface area contributed by atoms with Crippen LogP contribution in [0.1, 0.15) is 69.2 Å². The van der Waals surface area contributed by atoms with Crippen molar-refractivity contribution in [1.29, 1.82) is 0 Å². The maximum absolute atomic E-state index is 14.5. The number of carbonyl (C=O) groups is 3. The highest BCUT2D eigenvalue weighted by Crippen LogP contribution is 2.41. The molecule has 210 valence electrons. The molecule has 3 unspecified atom stereocenters. The van der Waals surface area contributed by atoms with Crippen LogP contribution in [0.3, 0.4) is 0 Å². The number of hydrogen-bond acceptors (Lipinski definition) is 3. The summed E-state index contributed by atoms with van der Waals surface area (Å²) < 4.78 is 14.5. The number of nitrogens with one attached hydrogen (secondary N) is 2. The van der Waals surface area contributed by atoms with Gasteiger partial charge in [0.05, 0.1) is 11.6 Å². The summed E-state index contributed by atoms with van der Waals surface area (Å²) in [5.41, 5.74) is 2.39. The minimum Gasteiger partial charge on any atom is -0.326 e. The molecule has 2 N–H and O–H groups in total. The van der Waals surface area contributed by atoms with Gasteiger partial charge in [-0.1, -0.05) is 54.6 Å². The minimum atomic E-state index is -0.947. The lowest BCUT2D eigenvalue weighted by molar-refractivity contribution is -0.181. The van der Waals surface area contributed by atoms with Crippen molar-refractivity contribution in [1.82, 2.24) is 15.3 Å². The number of carbonyl (C=O) groups excluding carboxylic acids is 3. The van der Waals surface area contributed by atoms with Gasteiger partial charge in [0.1, 0.15) is 11.9 Å². The Morgan fingerprint density at radius 3 is 2.23 bits per heavy atom. The first-order chi connectivity index (χ1) is 18.9. The molecule has 3 aromatic carbocycles. The first kappa shape index (κ1) is 28.8. The zero-order valence-electron chi connectivity index (χ0n) is 23.6. The highest BCUT2D eigenvalue weighted by Gasteiger charge is 2.45. The standard InChI is InChI=1S/C32H37FN4O3/c1-21-11-9-16-27(17-21)34-31(40)35-28-19-25(23-12-7-6-8-13-23)20-29(24-14-10-15-26(33)18-24)36(30(28)39)37(22(2)38)32(3,4)5/h6-18,25,28-29H,19-20H2,1-5H3,(H2,34,35,40). The molecule has 1 heterocycles. The summed E-state index contributed by atoms with van der Waals surface area (Å²) in [5, 5.41) is 8.58. The zero-order valence-corrected chi connectivity index (χ0v) is 23.6. The van der Waals surface area contributed by atoms with Crippen LogP contribution in [-0.4, -0.2) is 39.4 Å². The third-order valence-electron chi connectivity index (χ3n) is 7.08. The number of halogens is 1. The van der Waals surface area contributed by atoms with Crippen LogP contribution in [0.4, 0.5) is 14.9 Å². The Morgan fingerprint density at radius 2 is 1.60 bits per heavy atom. The van der Waals surface area contributed by atoms with Crippen LogP contribution < -0.4 is 10.6 Å². The van der Waals surface area contributed by atoms with Gasteiger partial charge in [0.25, 0.3) is 5.91 Å². The summed E-state index contributed by atoms with van der Waals surface area (Å²) in [6, 6.07) is 21.2. The third-order valence-corrected chi connectivity index (χ3v) is 7.08. The Balaban J connectivity index is 1.80. The normalized spacial score (nSPS) is 19.5. The second-order valence-corrected chi connectivity index (χ2v) is 11.4. The summed E-state index contributed by atoms with van der Waals surface area (Å²) in [6.07, 6.45) is 0.735. The van der Waals surface area contributed by atoms with Crippen molar-refractivity contribution < 1.29 is 18.8 Å². The van der Waals surface area contributed by atoms with Gasteiger partial charge in [-0.15, -0.1) is 0 Å². The fraction of sp³-hybridized carbons (Fsp3) is 0.344. The van der Waals surface area contributed by atoms with Crippen molar-refractivity contribution >= 4 is 23.5 Å². The maximum Gasteiger partial charge on any atom is 0.319 e. The van der Waals surface area contributed by atoms with Crippen LogP contribution in [0.15, 0.2) is 78.9 Å². The molecule has 40 heavy (non-hydrogen) atoms. The predicted molar refractivity (Wildman–Crippen MR) is 154 cm³/mol. The first-order valence-corrected chi connectivity index (χ1v) is 13.5. The van der Waals surface area contributed by atoms with Gasteiger partial charge >= 0.3 is 6.03 Å². The van der Waals surface area contributed by atoms with Crippen LogP contribution in [-0.2, 0) is 9.59 Å². The Labute approximate surface area is 235 Å². The Kier molecular flexibility index (Phi) is 8.57. The van der Waals surface area contributed by atoms with E-state index in [0.29, 0.717) is 24.1 Å². The van der Waals surface area contributed by atoms with Gasteiger partial charge in [-0.25, -0.2) is 19.2 Å². The fourth-order valence-corrected chi connectivity index (χ4v) is 5.51. The van der Waals surface area contributed by atoms with E-state index in [1.807, 2.05) is 76.2 Å². The van der Waals surface area contributed by atoms with Gasteiger partial charge in [0.15, 0.2) is 0 Å². The lowest BCUT2D eigenvalue weighted by Crippen LogP contribution is -2.61. The Morgan fingerprint density at radius 1 is 0.925 bits per heavy atom. The van der Waals surface area contributed by atoms with E-state index >= 15 is 0 Å². The number of anilines is 1. The average Bonchev–Trinajstić information content (AvgIpc) is 3.01. The van der Waals surface area contributed by atoms with E-state index < -0.39 is 35.4 Å². The smallest absolute Gasteiger partial charge is 0.319 e. The monoisotopic (exact) mass is 544 g/mol. The quantitative estimate of drug-likeness (QED) is 0.394. The molecule has 0 radical (unpaired) electrons. The van der Waals surface area contributed by atoms with Crippen molar-refractivity contribution in [2.75, 3.05) is 5.32 Å². The number of benzene rings is 3. The zero-order chi connectivity index (χ0) is 29.0. The number of rotatable bonds is 5. The molecule has 4 amide bonds. The molecule has 4 rings (SSSR count). The van der Waals surface area contributed by atoms with Crippen LogP contribution in [0.5, 0.6) is 0 Å². The largest absolute Gasteiger partial charge is 0.326 e. The van der Waals surface area contributed by atoms with E-state index in [9.17, 15) is 18.8 Å². The highest BCUT2D eigenvalue weighted by atomic mass is 19.1. The van der Waals surface area contributed by atoms with Gasteiger partial charge < -0.3 is 10.6 Å². The third kappa shape index (κ3) is 6.68. The first-order valence-electron chi connectivity index (χ1n) is 13.5. The van der Waals surface area contributed by atoms with Crippen LogP contribution in [0.25, 0.3) is 0 Å².